The molecule has 0 saturated carbocycles. The molecule has 0 spiro atoms. The average Bonchev–Trinajstić information content (AvgIpc) is 2.89. The molecule has 0 radical (unpaired) electrons. The van der Waals surface area contributed by atoms with Crippen molar-refractivity contribution in [2.24, 2.45) is 0 Å². The molecule has 3 rings (SSSR count). The van der Waals surface area contributed by atoms with E-state index in [1.165, 1.54) is 0 Å². The Labute approximate surface area is 135 Å². The van der Waals surface area contributed by atoms with Gasteiger partial charge < -0.3 is 15.0 Å². The number of ether oxygens (including phenoxy) is 1. The lowest BCUT2D eigenvalue weighted by atomic mass is 10.2. The van der Waals surface area contributed by atoms with Crippen LogP contribution in [-0.4, -0.2) is 22.5 Å². The van der Waals surface area contributed by atoms with Crippen molar-refractivity contribution < 1.29 is 9.53 Å². The molecule has 0 saturated heterocycles. The third kappa shape index (κ3) is 3.12. The zero-order valence-corrected chi connectivity index (χ0v) is 13.5. The Hall–Kier alpha value is -2.34. The van der Waals surface area contributed by atoms with E-state index in [4.69, 9.17) is 4.74 Å². The number of rotatable bonds is 4. The van der Waals surface area contributed by atoms with Crippen molar-refractivity contribution in [3.05, 3.63) is 52.5 Å². The number of carbonyl (C=O) groups excluding carboxylic acids is 1. The molecule has 0 aliphatic rings. The highest BCUT2D eigenvalue weighted by molar-refractivity contribution is 9.10. The lowest BCUT2D eigenvalue weighted by molar-refractivity contribution is 0.0526. The van der Waals surface area contributed by atoms with E-state index in [1.807, 2.05) is 30.3 Å². The maximum atomic E-state index is 11.6. The molecule has 2 aromatic carbocycles. The van der Waals surface area contributed by atoms with Gasteiger partial charge in [0, 0.05) is 10.2 Å². The van der Waals surface area contributed by atoms with Crippen LogP contribution in [0.2, 0.25) is 0 Å². The highest BCUT2D eigenvalue weighted by Gasteiger charge is 2.07. The van der Waals surface area contributed by atoms with Gasteiger partial charge in [0.25, 0.3) is 0 Å². The molecule has 5 nitrogen and oxygen atoms in total. The number of H-pyrrole nitrogens is 1. The molecule has 1 aromatic heterocycles. The van der Waals surface area contributed by atoms with Gasteiger partial charge in [-0.3, -0.25) is 0 Å². The number of hydrogen-bond acceptors (Lipinski definition) is 4. The van der Waals surface area contributed by atoms with Crippen LogP contribution in [0.4, 0.5) is 11.6 Å². The Kier molecular flexibility index (Phi) is 4.11. The highest BCUT2D eigenvalue weighted by atomic mass is 79.9. The van der Waals surface area contributed by atoms with Crippen LogP contribution in [0.5, 0.6) is 0 Å². The van der Waals surface area contributed by atoms with Gasteiger partial charge in [-0.25, -0.2) is 9.78 Å². The number of aromatic amines is 1. The first-order chi connectivity index (χ1) is 10.7. The molecule has 3 aromatic rings. The minimum atomic E-state index is -0.317. The van der Waals surface area contributed by atoms with Crippen molar-refractivity contribution in [3.8, 4) is 0 Å². The normalized spacial score (nSPS) is 10.6. The van der Waals surface area contributed by atoms with Crippen LogP contribution in [0.25, 0.3) is 11.0 Å². The largest absolute Gasteiger partial charge is 0.462 e. The summed E-state index contributed by atoms with van der Waals surface area (Å²) >= 11 is 3.43. The number of nitrogens with one attached hydrogen (secondary N) is 2. The van der Waals surface area contributed by atoms with Gasteiger partial charge in [-0.2, -0.15) is 0 Å². The number of fused-ring (bicyclic) bond motifs is 1. The molecule has 6 heteroatoms. The second kappa shape index (κ2) is 6.19. The first-order valence-electron chi connectivity index (χ1n) is 6.85. The lowest BCUT2D eigenvalue weighted by Crippen LogP contribution is -2.04. The fourth-order valence-electron chi connectivity index (χ4n) is 2.08. The summed E-state index contributed by atoms with van der Waals surface area (Å²) < 4.78 is 5.95. The minimum absolute atomic E-state index is 0.317. The third-order valence-electron chi connectivity index (χ3n) is 3.10. The van der Waals surface area contributed by atoms with Gasteiger partial charge in [-0.15, -0.1) is 0 Å². The van der Waals surface area contributed by atoms with Gasteiger partial charge in [0.1, 0.15) is 0 Å². The zero-order chi connectivity index (χ0) is 15.5. The van der Waals surface area contributed by atoms with Crippen molar-refractivity contribution in [2.45, 2.75) is 6.92 Å². The molecular formula is C16H14BrN3O2. The second-order valence-electron chi connectivity index (χ2n) is 4.67. The number of hydrogen-bond donors (Lipinski definition) is 2. The topological polar surface area (TPSA) is 67.0 Å². The van der Waals surface area contributed by atoms with Crippen molar-refractivity contribution in [1.82, 2.24) is 9.97 Å². The van der Waals surface area contributed by atoms with Crippen LogP contribution in [0.3, 0.4) is 0 Å². The number of esters is 1. The third-order valence-corrected chi connectivity index (χ3v) is 3.60. The van der Waals surface area contributed by atoms with E-state index in [1.54, 1.807) is 19.1 Å². The maximum absolute atomic E-state index is 11.6. The quantitative estimate of drug-likeness (QED) is 0.683. The van der Waals surface area contributed by atoms with Crippen LogP contribution in [-0.2, 0) is 4.74 Å². The summed E-state index contributed by atoms with van der Waals surface area (Å²) in [4.78, 5) is 19.3. The van der Waals surface area contributed by atoms with E-state index < -0.39 is 0 Å². The van der Waals surface area contributed by atoms with E-state index in [0.717, 1.165) is 21.2 Å². The summed E-state index contributed by atoms with van der Waals surface area (Å²) in [5, 5.41) is 3.18. The fourth-order valence-corrected chi connectivity index (χ4v) is 2.44. The first-order valence-corrected chi connectivity index (χ1v) is 7.64. The Morgan fingerprint density at radius 1 is 1.27 bits per heavy atom. The first kappa shape index (κ1) is 14.6. The Balaban J connectivity index is 1.78. The van der Waals surface area contributed by atoms with E-state index in [0.29, 0.717) is 18.1 Å². The molecule has 0 atom stereocenters. The van der Waals surface area contributed by atoms with E-state index in [9.17, 15) is 4.79 Å². The molecular weight excluding hydrogens is 346 g/mol. The Morgan fingerprint density at radius 3 is 2.77 bits per heavy atom. The summed E-state index contributed by atoms with van der Waals surface area (Å²) in [6, 6.07) is 12.9. The van der Waals surface area contributed by atoms with Gasteiger partial charge in [0.2, 0.25) is 5.95 Å². The summed E-state index contributed by atoms with van der Waals surface area (Å²) in [5.74, 6) is 0.333. The minimum Gasteiger partial charge on any atom is -0.462 e. The summed E-state index contributed by atoms with van der Waals surface area (Å²) in [6.07, 6.45) is 0. The molecule has 0 fully saturated rings. The molecule has 0 unspecified atom stereocenters. The predicted octanol–water partition coefficient (Wildman–Crippen LogP) is 4.25. The number of aromatic nitrogens is 2. The summed E-state index contributed by atoms with van der Waals surface area (Å²) in [6.45, 7) is 2.15. The smallest absolute Gasteiger partial charge is 0.338 e. The van der Waals surface area contributed by atoms with Crippen molar-refractivity contribution in [1.29, 1.82) is 0 Å². The van der Waals surface area contributed by atoms with Crippen LogP contribution >= 0.6 is 15.9 Å². The van der Waals surface area contributed by atoms with Crippen molar-refractivity contribution >= 4 is 44.6 Å². The van der Waals surface area contributed by atoms with Gasteiger partial charge >= 0.3 is 5.97 Å². The van der Waals surface area contributed by atoms with Gasteiger partial charge in [-0.05, 0) is 49.4 Å². The highest BCUT2D eigenvalue weighted by Crippen LogP contribution is 2.21. The van der Waals surface area contributed by atoms with Gasteiger partial charge in [0.15, 0.2) is 0 Å². The molecule has 0 aliphatic carbocycles. The van der Waals surface area contributed by atoms with Gasteiger partial charge in [-0.1, -0.05) is 15.9 Å². The van der Waals surface area contributed by atoms with Gasteiger partial charge in [0.05, 0.1) is 23.2 Å². The number of nitrogens with zero attached hydrogens (tertiary/aromatic N) is 1. The standard InChI is InChI=1S/C16H14BrN3O2/c1-2-22-15(21)10-3-6-12(7-4-10)18-16-19-13-8-5-11(17)9-14(13)20-16/h3-9H,2H2,1H3,(H2,18,19,20). The maximum Gasteiger partial charge on any atom is 0.338 e. The lowest BCUT2D eigenvalue weighted by Gasteiger charge is -2.04. The molecule has 0 amide bonds. The monoisotopic (exact) mass is 359 g/mol. The van der Waals surface area contributed by atoms with Crippen LogP contribution in [0.1, 0.15) is 17.3 Å². The summed E-state index contributed by atoms with van der Waals surface area (Å²) in [7, 11) is 0. The molecule has 2 N–H and O–H groups in total. The van der Waals surface area contributed by atoms with Crippen LogP contribution in [0, 0.1) is 0 Å². The SMILES string of the molecule is CCOC(=O)c1ccc(Nc2nc3ccc(Br)cc3[nH]2)cc1. The fraction of sp³-hybridized carbons (Fsp3) is 0.125. The molecule has 0 aliphatic heterocycles. The molecule has 1 heterocycles. The molecule has 112 valence electrons. The second-order valence-corrected chi connectivity index (χ2v) is 5.59. The van der Waals surface area contributed by atoms with Crippen molar-refractivity contribution in [2.75, 3.05) is 11.9 Å². The zero-order valence-electron chi connectivity index (χ0n) is 11.9. The molecule has 0 bridgehead atoms. The predicted molar refractivity (Wildman–Crippen MR) is 89.5 cm³/mol. The van der Waals surface area contributed by atoms with E-state index in [2.05, 4.69) is 31.2 Å². The van der Waals surface area contributed by atoms with E-state index in [-0.39, 0.29) is 5.97 Å². The number of benzene rings is 2. The molecule has 22 heavy (non-hydrogen) atoms. The van der Waals surface area contributed by atoms with Crippen LogP contribution in [0.15, 0.2) is 46.9 Å². The number of anilines is 2. The number of imidazole rings is 1. The van der Waals surface area contributed by atoms with E-state index >= 15 is 0 Å². The Morgan fingerprint density at radius 2 is 2.05 bits per heavy atom. The van der Waals surface area contributed by atoms with Crippen molar-refractivity contribution in [3.63, 3.8) is 0 Å². The number of halogens is 1. The number of carbonyl (C=O) groups is 1. The summed E-state index contributed by atoms with van der Waals surface area (Å²) in [5.41, 5.74) is 3.20. The van der Waals surface area contributed by atoms with Crippen LogP contribution < -0.4 is 5.32 Å². The Bertz CT molecular complexity index is 812. The average molecular weight is 360 g/mol.